The Labute approximate surface area is 201 Å². The maximum absolute atomic E-state index is 13.2. The van der Waals surface area contributed by atoms with E-state index in [1.54, 1.807) is 30.2 Å². The molecule has 0 bridgehead atoms. The number of ether oxygens (including phenoxy) is 1. The van der Waals surface area contributed by atoms with Crippen molar-refractivity contribution in [3.63, 3.8) is 0 Å². The highest BCUT2D eigenvalue weighted by Gasteiger charge is 2.32. The summed E-state index contributed by atoms with van der Waals surface area (Å²) in [6.45, 7) is 2.78. The van der Waals surface area contributed by atoms with Crippen LogP contribution in [-0.2, 0) is 5.75 Å². The van der Waals surface area contributed by atoms with Gasteiger partial charge in [0.25, 0.3) is 5.91 Å². The number of rotatable bonds is 7. The van der Waals surface area contributed by atoms with Crippen LogP contribution in [0.1, 0.15) is 41.0 Å². The fraction of sp³-hybridized carbons (Fsp3) is 0.231. The van der Waals surface area contributed by atoms with Gasteiger partial charge in [0.05, 0.1) is 22.9 Å². The molecule has 1 N–H and O–H groups in total. The molecule has 4 aromatic rings. The summed E-state index contributed by atoms with van der Waals surface area (Å²) in [6.07, 6.45) is 0.673. The van der Waals surface area contributed by atoms with Crippen LogP contribution in [-0.4, -0.2) is 29.4 Å². The molecule has 5 rings (SSSR count). The first-order chi connectivity index (χ1) is 16.2. The third-order valence-electron chi connectivity index (χ3n) is 5.73. The van der Waals surface area contributed by atoms with Gasteiger partial charge in [-0.05, 0) is 48.4 Å². The largest absolute Gasteiger partial charge is 0.496 e. The van der Waals surface area contributed by atoms with Crippen molar-refractivity contribution < 1.29 is 9.53 Å². The number of hydrogen-bond donors (Lipinski definition) is 1. The second-order valence-electron chi connectivity index (χ2n) is 7.90. The Bertz CT molecular complexity index is 1270. The average Bonchev–Trinajstić information content (AvgIpc) is 3.27. The number of para-hydroxylation sites is 2. The highest BCUT2D eigenvalue weighted by Crippen LogP contribution is 2.37. The first kappa shape index (κ1) is 21.8. The SMILES string of the molecule is CCCN1C(=O)c2ccccc2NC1c1ccc(OC)c(CSc2nc3ccccc3s2)c1. The van der Waals surface area contributed by atoms with Crippen LogP contribution in [0.3, 0.4) is 0 Å². The van der Waals surface area contributed by atoms with Crippen molar-refractivity contribution in [3.8, 4) is 5.75 Å². The van der Waals surface area contributed by atoms with Crippen LogP contribution in [0, 0.1) is 0 Å². The van der Waals surface area contributed by atoms with Gasteiger partial charge in [-0.3, -0.25) is 4.79 Å². The summed E-state index contributed by atoms with van der Waals surface area (Å²) >= 11 is 3.42. The molecule has 1 atom stereocenters. The number of fused-ring (bicyclic) bond motifs is 2. The third kappa shape index (κ3) is 4.30. The molecule has 1 aliphatic heterocycles. The van der Waals surface area contributed by atoms with Crippen molar-refractivity contribution in [3.05, 3.63) is 83.4 Å². The van der Waals surface area contributed by atoms with E-state index in [0.29, 0.717) is 6.54 Å². The number of benzene rings is 3. The van der Waals surface area contributed by atoms with Crippen molar-refractivity contribution in [2.24, 2.45) is 0 Å². The summed E-state index contributed by atoms with van der Waals surface area (Å²) in [5, 5.41) is 3.58. The first-order valence-corrected chi connectivity index (χ1v) is 12.8. The molecule has 0 saturated carbocycles. The molecule has 0 radical (unpaired) electrons. The van der Waals surface area contributed by atoms with E-state index < -0.39 is 0 Å². The normalized spacial score (nSPS) is 15.4. The fourth-order valence-electron chi connectivity index (χ4n) is 4.16. The topological polar surface area (TPSA) is 54.5 Å². The Hall–Kier alpha value is -3.03. The summed E-state index contributed by atoms with van der Waals surface area (Å²) in [6, 6.07) is 22.1. The van der Waals surface area contributed by atoms with E-state index in [-0.39, 0.29) is 12.1 Å². The molecule has 1 aliphatic rings. The number of amides is 1. The Morgan fingerprint density at radius 2 is 1.94 bits per heavy atom. The van der Waals surface area contributed by atoms with E-state index in [1.807, 2.05) is 59.5 Å². The lowest BCUT2D eigenvalue weighted by Gasteiger charge is -2.38. The zero-order valence-electron chi connectivity index (χ0n) is 18.6. The van der Waals surface area contributed by atoms with Crippen LogP contribution in [0.2, 0.25) is 0 Å². The molecule has 1 aromatic heterocycles. The number of hydrogen-bond acceptors (Lipinski definition) is 6. The maximum atomic E-state index is 13.2. The van der Waals surface area contributed by atoms with Crippen LogP contribution in [0.15, 0.2) is 71.1 Å². The molecule has 1 amide bonds. The molecule has 7 heteroatoms. The predicted octanol–water partition coefficient (Wildman–Crippen LogP) is 6.57. The van der Waals surface area contributed by atoms with E-state index >= 15 is 0 Å². The monoisotopic (exact) mass is 475 g/mol. The van der Waals surface area contributed by atoms with Gasteiger partial charge >= 0.3 is 0 Å². The molecule has 0 spiro atoms. The van der Waals surface area contributed by atoms with Gasteiger partial charge in [-0.1, -0.05) is 49.0 Å². The van der Waals surface area contributed by atoms with Gasteiger partial charge in [0, 0.05) is 23.5 Å². The lowest BCUT2D eigenvalue weighted by atomic mass is 10.0. The number of carbonyl (C=O) groups is 1. The molecular formula is C26H25N3O2S2. The van der Waals surface area contributed by atoms with Gasteiger partial charge in [-0.25, -0.2) is 4.98 Å². The number of methoxy groups -OCH3 is 1. The summed E-state index contributed by atoms with van der Waals surface area (Å²) in [5.74, 6) is 1.65. The molecule has 1 unspecified atom stereocenters. The summed E-state index contributed by atoms with van der Waals surface area (Å²) in [7, 11) is 1.70. The average molecular weight is 476 g/mol. The molecule has 0 fully saturated rings. The number of nitrogens with one attached hydrogen (secondary N) is 1. The summed E-state index contributed by atoms with van der Waals surface area (Å²) in [4.78, 5) is 19.9. The number of aromatic nitrogens is 1. The zero-order chi connectivity index (χ0) is 22.8. The predicted molar refractivity (Wildman–Crippen MR) is 136 cm³/mol. The smallest absolute Gasteiger partial charge is 0.257 e. The molecule has 5 nitrogen and oxygen atoms in total. The van der Waals surface area contributed by atoms with Crippen LogP contribution in [0.25, 0.3) is 10.2 Å². The van der Waals surface area contributed by atoms with Crippen molar-refractivity contribution in [2.45, 2.75) is 29.6 Å². The van der Waals surface area contributed by atoms with E-state index in [2.05, 4.69) is 24.4 Å². The van der Waals surface area contributed by atoms with E-state index in [1.165, 1.54) is 4.70 Å². The van der Waals surface area contributed by atoms with E-state index in [9.17, 15) is 4.79 Å². The standard InChI is InChI=1S/C26H25N3O2S2/c1-3-14-29-24(27-20-9-5-4-8-19(20)25(29)30)17-12-13-22(31-2)18(15-17)16-32-26-28-21-10-6-7-11-23(21)33-26/h4-13,15,24,27H,3,14,16H2,1-2H3. The number of anilines is 1. The highest BCUT2D eigenvalue weighted by molar-refractivity contribution is 8.00. The minimum Gasteiger partial charge on any atom is -0.496 e. The highest BCUT2D eigenvalue weighted by atomic mass is 32.2. The fourth-order valence-corrected chi connectivity index (χ4v) is 6.21. The van der Waals surface area contributed by atoms with Crippen LogP contribution >= 0.6 is 23.1 Å². The van der Waals surface area contributed by atoms with E-state index in [4.69, 9.17) is 9.72 Å². The maximum Gasteiger partial charge on any atom is 0.257 e. The molecule has 168 valence electrons. The van der Waals surface area contributed by atoms with Crippen LogP contribution in [0.4, 0.5) is 5.69 Å². The molecular weight excluding hydrogens is 450 g/mol. The van der Waals surface area contributed by atoms with Gasteiger partial charge in [-0.2, -0.15) is 0 Å². The van der Waals surface area contributed by atoms with Gasteiger partial charge in [-0.15, -0.1) is 11.3 Å². The quantitative estimate of drug-likeness (QED) is 0.306. The number of carbonyl (C=O) groups excluding carboxylic acids is 1. The molecule has 2 heterocycles. The second-order valence-corrected chi connectivity index (χ2v) is 10.2. The number of thioether (sulfide) groups is 1. The molecule has 0 aliphatic carbocycles. The Morgan fingerprint density at radius 1 is 1.12 bits per heavy atom. The van der Waals surface area contributed by atoms with E-state index in [0.717, 1.165) is 50.2 Å². The summed E-state index contributed by atoms with van der Waals surface area (Å²) < 4.78 is 7.89. The van der Waals surface area contributed by atoms with Crippen molar-refractivity contribution in [1.82, 2.24) is 9.88 Å². The van der Waals surface area contributed by atoms with Crippen LogP contribution < -0.4 is 10.1 Å². The second kappa shape index (κ2) is 9.45. The molecule has 33 heavy (non-hydrogen) atoms. The molecule has 3 aromatic carbocycles. The zero-order valence-corrected chi connectivity index (χ0v) is 20.2. The summed E-state index contributed by atoms with van der Waals surface area (Å²) in [5.41, 5.74) is 4.77. The molecule has 0 saturated heterocycles. The first-order valence-electron chi connectivity index (χ1n) is 11.0. The van der Waals surface area contributed by atoms with Crippen molar-refractivity contribution in [2.75, 3.05) is 19.0 Å². The van der Waals surface area contributed by atoms with Crippen LogP contribution in [0.5, 0.6) is 5.75 Å². The third-order valence-corrected chi connectivity index (χ3v) is 7.96. The van der Waals surface area contributed by atoms with Crippen molar-refractivity contribution >= 4 is 44.9 Å². The lowest BCUT2D eigenvalue weighted by molar-refractivity contribution is 0.0683. The lowest BCUT2D eigenvalue weighted by Crippen LogP contribution is -2.43. The van der Waals surface area contributed by atoms with Crippen molar-refractivity contribution in [1.29, 1.82) is 0 Å². The Kier molecular flexibility index (Phi) is 6.24. The van der Waals surface area contributed by atoms with Gasteiger partial charge in [0.15, 0.2) is 4.34 Å². The van der Waals surface area contributed by atoms with Gasteiger partial charge in [0.2, 0.25) is 0 Å². The van der Waals surface area contributed by atoms with Gasteiger partial charge in [0.1, 0.15) is 11.9 Å². The minimum atomic E-state index is -0.218. The Balaban J connectivity index is 1.44. The number of nitrogens with zero attached hydrogens (tertiary/aromatic N) is 2. The van der Waals surface area contributed by atoms with Gasteiger partial charge < -0.3 is 15.0 Å². The number of thiazole rings is 1. The Morgan fingerprint density at radius 3 is 2.76 bits per heavy atom. The minimum absolute atomic E-state index is 0.0671.